The van der Waals surface area contributed by atoms with Gasteiger partial charge in [-0.2, -0.15) is 5.10 Å². The highest BCUT2D eigenvalue weighted by molar-refractivity contribution is 7.89. The predicted molar refractivity (Wildman–Crippen MR) is 94.2 cm³/mol. The van der Waals surface area contributed by atoms with E-state index in [2.05, 4.69) is 5.10 Å². The van der Waals surface area contributed by atoms with E-state index >= 15 is 0 Å². The normalized spacial score (nSPS) is 13.3. The first kappa shape index (κ1) is 16.0. The number of primary amides is 1. The lowest BCUT2D eigenvalue weighted by atomic mass is 9.94. The Morgan fingerprint density at radius 3 is 2.52 bits per heavy atom. The van der Waals surface area contributed by atoms with Crippen LogP contribution >= 0.6 is 11.3 Å². The molecule has 2 aromatic heterocycles. The Bertz CT molecular complexity index is 1100. The van der Waals surface area contributed by atoms with Gasteiger partial charge >= 0.3 is 0 Å². The summed E-state index contributed by atoms with van der Waals surface area (Å²) in [5.41, 5.74) is 9.07. The molecule has 1 aliphatic carbocycles. The first-order valence-corrected chi connectivity index (χ1v) is 9.90. The molecule has 1 aliphatic rings. The van der Waals surface area contributed by atoms with Crippen LogP contribution in [0.4, 0.5) is 0 Å². The van der Waals surface area contributed by atoms with Crippen molar-refractivity contribution in [3.05, 3.63) is 51.8 Å². The molecule has 1 aromatic carbocycles. The van der Waals surface area contributed by atoms with E-state index in [9.17, 15) is 13.2 Å². The lowest BCUT2D eigenvalue weighted by Gasteiger charge is -2.15. The molecule has 0 radical (unpaired) electrons. The van der Waals surface area contributed by atoms with E-state index in [1.54, 1.807) is 28.2 Å². The van der Waals surface area contributed by atoms with Crippen LogP contribution in [0.2, 0.25) is 0 Å². The van der Waals surface area contributed by atoms with E-state index in [1.807, 2.05) is 11.4 Å². The van der Waals surface area contributed by atoms with Gasteiger partial charge in [-0.15, -0.1) is 11.3 Å². The maximum atomic E-state index is 11.8. The molecule has 0 saturated heterocycles. The topological polar surface area (TPSA) is 121 Å². The Morgan fingerprint density at radius 1 is 1.16 bits per heavy atom. The number of amides is 1. The Balaban J connectivity index is 1.93. The van der Waals surface area contributed by atoms with Crippen molar-refractivity contribution in [2.45, 2.75) is 17.7 Å². The molecule has 0 fully saturated rings. The second kappa shape index (κ2) is 5.51. The molecule has 0 aliphatic heterocycles. The number of benzene rings is 1. The number of rotatable bonds is 3. The van der Waals surface area contributed by atoms with E-state index < -0.39 is 15.9 Å². The Hall–Kier alpha value is -2.49. The number of carbonyl (C=O) groups is 1. The molecule has 128 valence electrons. The van der Waals surface area contributed by atoms with Gasteiger partial charge < -0.3 is 5.73 Å². The van der Waals surface area contributed by atoms with Crippen molar-refractivity contribution in [3.63, 3.8) is 0 Å². The summed E-state index contributed by atoms with van der Waals surface area (Å²) in [6.07, 6.45) is 1.53. The third-order valence-electron chi connectivity index (χ3n) is 4.23. The molecule has 2 heterocycles. The number of aryl methyl sites for hydroxylation is 1. The van der Waals surface area contributed by atoms with Crippen LogP contribution in [0.15, 0.2) is 40.6 Å². The van der Waals surface area contributed by atoms with Crippen molar-refractivity contribution in [1.29, 1.82) is 0 Å². The summed E-state index contributed by atoms with van der Waals surface area (Å²) in [5, 5.41) is 11.5. The van der Waals surface area contributed by atoms with Gasteiger partial charge in [0.2, 0.25) is 10.0 Å². The molecule has 0 spiro atoms. The third kappa shape index (κ3) is 2.56. The van der Waals surface area contributed by atoms with Gasteiger partial charge in [0.05, 0.1) is 16.3 Å². The Morgan fingerprint density at radius 2 is 1.88 bits per heavy atom. The van der Waals surface area contributed by atoms with Crippen LogP contribution in [-0.4, -0.2) is 24.1 Å². The third-order valence-corrected chi connectivity index (χ3v) is 6.14. The largest absolute Gasteiger partial charge is 0.364 e. The molecule has 0 saturated carbocycles. The van der Waals surface area contributed by atoms with Crippen LogP contribution < -0.4 is 10.9 Å². The van der Waals surface area contributed by atoms with Gasteiger partial charge in [0, 0.05) is 16.0 Å². The molecule has 1 amide bonds. The molecule has 0 atom stereocenters. The van der Waals surface area contributed by atoms with Crippen molar-refractivity contribution in [1.82, 2.24) is 9.78 Å². The zero-order valence-electron chi connectivity index (χ0n) is 13.0. The lowest BCUT2D eigenvalue weighted by molar-refractivity contribution is 0.0994. The highest BCUT2D eigenvalue weighted by atomic mass is 32.2. The van der Waals surface area contributed by atoms with Crippen LogP contribution in [-0.2, 0) is 22.9 Å². The fraction of sp³-hybridized carbons (Fsp3) is 0.125. The van der Waals surface area contributed by atoms with Crippen LogP contribution in [0.3, 0.4) is 0 Å². The molecule has 25 heavy (non-hydrogen) atoms. The molecular weight excluding hydrogens is 360 g/mol. The Labute approximate surface area is 147 Å². The number of nitrogens with zero attached hydrogens (tertiary/aromatic N) is 2. The van der Waals surface area contributed by atoms with Crippen molar-refractivity contribution in [2.24, 2.45) is 10.9 Å². The number of primary sulfonamides is 1. The van der Waals surface area contributed by atoms with Gasteiger partial charge in [-0.1, -0.05) is 0 Å². The minimum atomic E-state index is -3.77. The van der Waals surface area contributed by atoms with Crippen LogP contribution in [0.25, 0.3) is 16.9 Å². The number of hydrogen-bond donors (Lipinski definition) is 2. The average molecular weight is 374 g/mol. The van der Waals surface area contributed by atoms with Gasteiger partial charge in [0.15, 0.2) is 5.69 Å². The van der Waals surface area contributed by atoms with E-state index in [4.69, 9.17) is 10.9 Å². The summed E-state index contributed by atoms with van der Waals surface area (Å²) in [6, 6.07) is 8.05. The number of fused-ring (bicyclic) bond motifs is 3. The van der Waals surface area contributed by atoms with E-state index in [0.717, 1.165) is 23.2 Å². The minimum Gasteiger partial charge on any atom is -0.364 e. The summed E-state index contributed by atoms with van der Waals surface area (Å²) >= 11 is 1.66. The lowest BCUT2D eigenvalue weighted by Crippen LogP contribution is -2.15. The second-order valence-corrected chi connectivity index (χ2v) is 8.31. The molecule has 4 rings (SSSR count). The van der Waals surface area contributed by atoms with Crippen molar-refractivity contribution in [2.75, 3.05) is 0 Å². The van der Waals surface area contributed by atoms with E-state index in [-0.39, 0.29) is 10.6 Å². The minimum absolute atomic E-state index is 0.0172. The highest BCUT2D eigenvalue weighted by Crippen LogP contribution is 2.39. The molecule has 0 bridgehead atoms. The van der Waals surface area contributed by atoms with Crippen molar-refractivity contribution >= 4 is 27.3 Å². The van der Waals surface area contributed by atoms with Crippen LogP contribution in [0.5, 0.6) is 0 Å². The molecule has 7 nitrogen and oxygen atoms in total. The summed E-state index contributed by atoms with van der Waals surface area (Å²) in [5.74, 6) is -0.574. The molecule has 4 N–H and O–H groups in total. The second-order valence-electron chi connectivity index (χ2n) is 5.75. The monoisotopic (exact) mass is 374 g/mol. The maximum absolute atomic E-state index is 11.8. The molecule has 0 unspecified atom stereocenters. The zero-order valence-corrected chi connectivity index (χ0v) is 14.6. The van der Waals surface area contributed by atoms with E-state index in [1.165, 1.54) is 17.0 Å². The SMILES string of the molecule is NC(=O)c1nn(-c2ccc(S(N)(=O)=O)cc2)c2c1CCc1sccc1-2. The fourth-order valence-electron chi connectivity index (χ4n) is 3.11. The summed E-state index contributed by atoms with van der Waals surface area (Å²) in [6.45, 7) is 0. The maximum Gasteiger partial charge on any atom is 0.269 e. The molecular formula is C16H14N4O3S2. The van der Waals surface area contributed by atoms with Crippen LogP contribution in [0, 0.1) is 0 Å². The quantitative estimate of drug-likeness (QED) is 0.720. The number of carbonyl (C=O) groups excluding carboxylic acids is 1. The fourth-order valence-corrected chi connectivity index (χ4v) is 4.50. The highest BCUT2D eigenvalue weighted by Gasteiger charge is 2.28. The smallest absolute Gasteiger partial charge is 0.269 e. The van der Waals surface area contributed by atoms with Gasteiger partial charge in [0.25, 0.3) is 5.91 Å². The summed E-state index contributed by atoms with van der Waals surface area (Å²) in [7, 11) is -3.77. The van der Waals surface area contributed by atoms with Gasteiger partial charge in [-0.25, -0.2) is 18.2 Å². The number of nitrogens with two attached hydrogens (primary N) is 2. The van der Waals surface area contributed by atoms with Crippen molar-refractivity contribution in [3.8, 4) is 16.9 Å². The van der Waals surface area contributed by atoms with Crippen LogP contribution in [0.1, 0.15) is 20.9 Å². The zero-order chi connectivity index (χ0) is 17.8. The Kier molecular flexibility index (Phi) is 3.53. The number of thiophene rings is 1. The van der Waals surface area contributed by atoms with Crippen molar-refractivity contribution < 1.29 is 13.2 Å². The average Bonchev–Trinajstić information content (AvgIpc) is 3.18. The first-order chi connectivity index (χ1) is 11.9. The molecule has 3 aromatic rings. The molecule has 9 heteroatoms. The number of sulfonamides is 1. The number of hydrogen-bond acceptors (Lipinski definition) is 5. The predicted octanol–water partition coefficient (Wildman–Crippen LogP) is 1.45. The summed E-state index contributed by atoms with van der Waals surface area (Å²) in [4.78, 5) is 13.1. The van der Waals surface area contributed by atoms with E-state index in [0.29, 0.717) is 12.1 Å². The van der Waals surface area contributed by atoms with Gasteiger partial charge in [0.1, 0.15) is 0 Å². The standard InChI is InChI=1S/C16H14N4O3S2/c17-16(21)14-12-5-6-13-11(7-8-24-13)15(12)20(19-14)9-1-3-10(4-2-9)25(18,22)23/h1-4,7-8H,5-6H2,(H2,17,21)(H2,18,22,23). The first-order valence-electron chi connectivity index (χ1n) is 7.48. The summed E-state index contributed by atoms with van der Waals surface area (Å²) < 4.78 is 24.5. The number of aromatic nitrogens is 2. The van der Waals surface area contributed by atoms with Gasteiger partial charge in [-0.05, 0) is 48.6 Å². The van der Waals surface area contributed by atoms with Gasteiger partial charge in [-0.3, -0.25) is 4.79 Å².